The third-order valence-electron chi connectivity index (χ3n) is 1.30. The summed E-state index contributed by atoms with van der Waals surface area (Å²) < 4.78 is 5.03. The van der Waals surface area contributed by atoms with E-state index < -0.39 is 12.2 Å². The van der Waals surface area contributed by atoms with Crippen LogP contribution in [0.2, 0.25) is 0 Å². The van der Waals surface area contributed by atoms with Crippen molar-refractivity contribution in [3.63, 3.8) is 0 Å². The van der Waals surface area contributed by atoms with Crippen molar-refractivity contribution < 1.29 is 14.9 Å². The molecule has 0 aromatic heterocycles. The lowest BCUT2D eigenvalue weighted by atomic mass is 10.2. The van der Waals surface area contributed by atoms with Crippen LogP contribution in [0, 0.1) is 0 Å². The summed E-state index contributed by atoms with van der Waals surface area (Å²) in [6.07, 6.45) is -1.42. The highest BCUT2D eigenvalue weighted by Gasteiger charge is 2.16. The van der Waals surface area contributed by atoms with E-state index in [0.717, 1.165) is 0 Å². The molecule has 0 aliphatic rings. The highest BCUT2D eigenvalue weighted by atomic mass is 16.5. The quantitative estimate of drug-likeness (QED) is 0.352. The molecular weight excluding hydrogens is 148 g/mol. The monoisotopic (exact) mass is 164 g/mol. The number of aliphatic hydroxyl groups is 2. The number of hydrogen-bond acceptors (Lipinski definition) is 5. The average Bonchev–Trinajstić information content (AvgIpc) is 2.05. The van der Waals surface area contributed by atoms with E-state index in [9.17, 15) is 0 Å². The maximum absolute atomic E-state index is 9.05. The van der Waals surface area contributed by atoms with Gasteiger partial charge in [-0.1, -0.05) is 0 Å². The van der Waals surface area contributed by atoms with Crippen LogP contribution >= 0.6 is 0 Å². The highest BCUT2D eigenvalue weighted by Crippen LogP contribution is 1.96. The molecule has 0 spiro atoms. The van der Waals surface area contributed by atoms with Crippen LogP contribution in [0.5, 0.6) is 0 Å². The molecule has 0 aromatic carbocycles. The van der Waals surface area contributed by atoms with Crippen molar-refractivity contribution in [1.82, 2.24) is 0 Å². The molecule has 0 fully saturated rings. The smallest absolute Gasteiger partial charge is 0.104 e. The van der Waals surface area contributed by atoms with E-state index in [1.807, 2.05) is 0 Å². The Bertz CT molecular complexity index is 91.9. The van der Waals surface area contributed by atoms with E-state index in [0.29, 0.717) is 13.2 Å². The minimum atomic E-state index is -0.911. The predicted molar refractivity (Wildman–Crippen MR) is 40.9 cm³/mol. The van der Waals surface area contributed by atoms with Gasteiger partial charge in [-0.2, -0.15) is 0 Å². The Kier molecular flexibility index (Phi) is 6.39. The topological polar surface area (TPSA) is 102 Å². The van der Waals surface area contributed by atoms with Crippen LogP contribution in [-0.2, 0) is 4.74 Å². The Hall–Kier alpha value is -0.200. The van der Waals surface area contributed by atoms with Gasteiger partial charge in [-0.15, -0.1) is 0 Å². The minimum Gasteiger partial charge on any atom is -0.394 e. The lowest BCUT2D eigenvalue weighted by molar-refractivity contribution is -0.0502. The normalized spacial score (nSPS) is 16.4. The maximum atomic E-state index is 9.05. The molecule has 0 bridgehead atoms. The van der Waals surface area contributed by atoms with E-state index in [4.69, 9.17) is 26.4 Å². The van der Waals surface area contributed by atoms with Crippen LogP contribution < -0.4 is 11.5 Å². The SMILES string of the molecule is NCCOC(CN)C(O)CO. The average molecular weight is 164 g/mol. The standard InChI is InChI=1S/C6H16N2O3/c7-1-2-11-6(3-8)5(10)4-9/h5-6,9-10H,1-4,7-8H2. The van der Waals surface area contributed by atoms with Crippen LogP contribution in [0.15, 0.2) is 0 Å². The lowest BCUT2D eigenvalue weighted by Crippen LogP contribution is -2.39. The molecule has 5 nitrogen and oxygen atoms in total. The first-order chi connectivity index (χ1) is 5.26. The fourth-order valence-electron chi connectivity index (χ4n) is 0.673. The summed E-state index contributed by atoms with van der Waals surface area (Å²) >= 11 is 0. The molecule has 0 rings (SSSR count). The summed E-state index contributed by atoms with van der Waals surface area (Å²) in [5.74, 6) is 0. The summed E-state index contributed by atoms with van der Waals surface area (Å²) in [4.78, 5) is 0. The van der Waals surface area contributed by atoms with Gasteiger partial charge >= 0.3 is 0 Å². The summed E-state index contributed by atoms with van der Waals surface area (Å²) in [6, 6.07) is 0. The molecule has 0 saturated heterocycles. The van der Waals surface area contributed by atoms with E-state index >= 15 is 0 Å². The van der Waals surface area contributed by atoms with Crippen molar-refractivity contribution >= 4 is 0 Å². The van der Waals surface area contributed by atoms with Gasteiger partial charge in [0.05, 0.1) is 19.3 Å². The first kappa shape index (κ1) is 10.8. The van der Waals surface area contributed by atoms with Crippen molar-refractivity contribution in [3.05, 3.63) is 0 Å². The van der Waals surface area contributed by atoms with Gasteiger partial charge in [0, 0.05) is 13.1 Å². The van der Waals surface area contributed by atoms with Crippen molar-refractivity contribution in [2.24, 2.45) is 11.5 Å². The van der Waals surface area contributed by atoms with Gasteiger partial charge in [-0.25, -0.2) is 0 Å². The molecule has 6 N–H and O–H groups in total. The molecule has 0 aliphatic carbocycles. The number of hydrogen-bond donors (Lipinski definition) is 4. The van der Waals surface area contributed by atoms with Crippen molar-refractivity contribution in [1.29, 1.82) is 0 Å². The van der Waals surface area contributed by atoms with Crippen LogP contribution in [0.3, 0.4) is 0 Å². The molecule has 2 atom stereocenters. The number of ether oxygens (including phenoxy) is 1. The third kappa shape index (κ3) is 4.28. The third-order valence-corrected chi connectivity index (χ3v) is 1.30. The summed E-state index contributed by atoms with van der Waals surface area (Å²) in [5.41, 5.74) is 10.4. The Balaban J connectivity index is 3.56. The van der Waals surface area contributed by atoms with Crippen LogP contribution in [0.4, 0.5) is 0 Å². The molecule has 0 aliphatic heterocycles. The maximum Gasteiger partial charge on any atom is 0.104 e. The second kappa shape index (κ2) is 6.51. The number of rotatable bonds is 6. The van der Waals surface area contributed by atoms with Crippen molar-refractivity contribution in [2.75, 3.05) is 26.3 Å². The second-order valence-corrected chi connectivity index (χ2v) is 2.18. The molecule has 11 heavy (non-hydrogen) atoms. The molecule has 0 heterocycles. The molecule has 0 amide bonds. The van der Waals surface area contributed by atoms with Gasteiger partial charge in [-0.05, 0) is 0 Å². The fourth-order valence-corrected chi connectivity index (χ4v) is 0.673. The molecule has 68 valence electrons. The zero-order valence-electron chi connectivity index (χ0n) is 6.44. The minimum absolute atomic E-state index is 0.182. The molecule has 0 radical (unpaired) electrons. The zero-order chi connectivity index (χ0) is 8.69. The van der Waals surface area contributed by atoms with E-state index in [2.05, 4.69) is 0 Å². The van der Waals surface area contributed by atoms with Crippen molar-refractivity contribution in [2.45, 2.75) is 12.2 Å². The molecule has 0 aromatic rings. The first-order valence-electron chi connectivity index (χ1n) is 3.57. The largest absolute Gasteiger partial charge is 0.394 e. The Morgan fingerprint density at radius 2 is 2.00 bits per heavy atom. The first-order valence-corrected chi connectivity index (χ1v) is 3.57. The second-order valence-electron chi connectivity index (χ2n) is 2.18. The summed E-state index contributed by atoms with van der Waals surface area (Å²) in [5, 5.41) is 17.6. The van der Waals surface area contributed by atoms with E-state index in [1.165, 1.54) is 0 Å². The zero-order valence-corrected chi connectivity index (χ0v) is 6.44. The predicted octanol–water partition coefficient (Wildman–Crippen LogP) is -2.36. The van der Waals surface area contributed by atoms with Crippen molar-refractivity contribution in [3.8, 4) is 0 Å². The molecule has 2 unspecified atom stereocenters. The van der Waals surface area contributed by atoms with Crippen LogP contribution in [0.25, 0.3) is 0 Å². The van der Waals surface area contributed by atoms with E-state index in [-0.39, 0.29) is 13.2 Å². The Morgan fingerprint density at radius 3 is 2.36 bits per heavy atom. The molecular formula is C6H16N2O3. The van der Waals surface area contributed by atoms with Gasteiger partial charge < -0.3 is 26.4 Å². The van der Waals surface area contributed by atoms with Gasteiger partial charge in [-0.3, -0.25) is 0 Å². The number of nitrogens with two attached hydrogens (primary N) is 2. The fraction of sp³-hybridized carbons (Fsp3) is 1.00. The van der Waals surface area contributed by atoms with Crippen LogP contribution in [0.1, 0.15) is 0 Å². The van der Waals surface area contributed by atoms with E-state index in [1.54, 1.807) is 0 Å². The van der Waals surface area contributed by atoms with Gasteiger partial charge in [0.25, 0.3) is 0 Å². The summed E-state index contributed by atoms with van der Waals surface area (Å²) in [6.45, 7) is 0.571. The number of aliphatic hydroxyl groups excluding tert-OH is 2. The van der Waals surface area contributed by atoms with Crippen LogP contribution in [-0.4, -0.2) is 48.7 Å². The molecule has 0 saturated carbocycles. The molecule has 5 heteroatoms. The Morgan fingerprint density at radius 1 is 1.36 bits per heavy atom. The Labute approximate surface area is 65.9 Å². The highest BCUT2D eigenvalue weighted by molar-refractivity contribution is 4.68. The lowest BCUT2D eigenvalue weighted by Gasteiger charge is -2.19. The van der Waals surface area contributed by atoms with Gasteiger partial charge in [0.15, 0.2) is 0 Å². The summed E-state index contributed by atoms with van der Waals surface area (Å²) in [7, 11) is 0. The van der Waals surface area contributed by atoms with Gasteiger partial charge in [0.1, 0.15) is 6.10 Å². The van der Waals surface area contributed by atoms with Gasteiger partial charge in [0.2, 0.25) is 0 Å².